The van der Waals surface area contributed by atoms with E-state index in [0.717, 1.165) is 59.2 Å². The first-order chi connectivity index (χ1) is 13.1. The predicted molar refractivity (Wildman–Crippen MR) is 103 cm³/mol. The van der Waals surface area contributed by atoms with Gasteiger partial charge < -0.3 is 5.32 Å². The molecule has 138 valence electrons. The van der Waals surface area contributed by atoms with Gasteiger partial charge in [0, 0.05) is 24.2 Å². The SMILES string of the molecule is Cc1cc(-c2cc(F)c3nn(C4CCNCC4)cc3c2)nc2cn(C)nc12. The molecule has 0 radical (unpaired) electrons. The topological polar surface area (TPSA) is 60.6 Å². The Morgan fingerprint density at radius 2 is 1.89 bits per heavy atom. The number of piperidine rings is 1. The largest absolute Gasteiger partial charge is 0.317 e. The Kier molecular flexibility index (Phi) is 3.72. The summed E-state index contributed by atoms with van der Waals surface area (Å²) in [6.45, 7) is 3.95. The highest BCUT2D eigenvalue weighted by Gasteiger charge is 2.18. The van der Waals surface area contributed by atoms with Gasteiger partial charge >= 0.3 is 0 Å². The maximum Gasteiger partial charge on any atom is 0.151 e. The van der Waals surface area contributed by atoms with Gasteiger partial charge in [0.25, 0.3) is 0 Å². The van der Waals surface area contributed by atoms with Crippen molar-refractivity contribution in [2.45, 2.75) is 25.8 Å². The maximum atomic E-state index is 14.8. The van der Waals surface area contributed by atoms with Crippen LogP contribution in [0.2, 0.25) is 0 Å². The summed E-state index contributed by atoms with van der Waals surface area (Å²) in [5.41, 5.74) is 4.67. The van der Waals surface area contributed by atoms with Crippen molar-refractivity contribution in [2.24, 2.45) is 7.05 Å². The molecule has 0 saturated carbocycles. The van der Waals surface area contributed by atoms with Gasteiger partial charge in [0.05, 0.1) is 17.9 Å². The molecule has 4 heterocycles. The van der Waals surface area contributed by atoms with Gasteiger partial charge in [0.2, 0.25) is 0 Å². The molecule has 0 aliphatic carbocycles. The third-order valence-corrected chi connectivity index (χ3v) is 5.34. The molecule has 4 aromatic rings. The van der Waals surface area contributed by atoms with Crippen molar-refractivity contribution in [1.82, 2.24) is 29.9 Å². The Hall–Kier alpha value is -2.80. The Labute approximate surface area is 156 Å². The van der Waals surface area contributed by atoms with Crippen LogP contribution < -0.4 is 5.32 Å². The van der Waals surface area contributed by atoms with Crippen molar-refractivity contribution < 1.29 is 4.39 Å². The zero-order valence-corrected chi connectivity index (χ0v) is 15.4. The van der Waals surface area contributed by atoms with Crippen LogP contribution in [0.3, 0.4) is 0 Å². The number of pyridine rings is 1. The van der Waals surface area contributed by atoms with Crippen molar-refractivity contribution >= 4 is 21.9 Å². The van der Waals surface area contributed by atoms with Gasteiger partial charge in [-0.05, 0) is 56.6 Å². The second-order valence-corrected chi connectivity index (χ2v) is 7.35. The van der Waals surface area contributed by atoms with Crippen LogP contribution in [0.15, 0.2) is 30.6 Å². The summed E-state index contributed by atoms with van der Waals surface area (Å²) in [5, 5.41) is 13.1. The third kappa shape index (κ3) is 2.78. The number of halogens is 1. The molecular weight excluding hydrogens is 343 g/mol. The molecule has 0 bridgehead atoms. The second-order valence-electron chi connectivity index (χ2n) is 7.35. The van der Waals surface area contributed by atoms with E-state index in [-0.39, 0.29) is 5.82 Å². The monoisotopic (exact) mass is 364 g/mol. The average Bonchev–Trinajstić information content (AvgIpc) is 3.26. The van der Waals surface area contributed by atoms with E-state index in [1.54, 1.807) is 4.68 Å². The Balaban J connectivity index is 1.61. The molecule has 5 rings (SSSR count). The van der Waals surface area contributed by atoms with E-state index in [1.807, 2.05) is 43.2 Å². The van der Waals surface area contributed by atoms with E-state index < -0.39 is 0 Å². The molecule has 27 heavy (non-hydrogen) atoms. The molecule has 0 spiro atoms. The fraction of sp³-hybridized carbons (Fsp3) is 0.350. The summed E-state index contributed by atoms with van der Waals surface area (Å²) >= 11 is 0. The Bertz CT molecular complexity index is 1150. The molecule has 1 aliphatic rings. The molecule has 6 nitrogen and oxygen atoms in total. The third-order valence-electron chi connectivity index (χ3n) is 5.34. The molecule has 1 N–H and O–H groups in total. The minimum atomic E-state index is -0.305. The molecule has 1 saturated heterocycles. The smallest absolute Gasteiger partial charge is 0.151 e. The van der Waals surface area contributed by atoms with Gasteiger partial charge in [-0.15, -0.1) is 0 Å². The van der Waals surface area contributed by atoms with Crippen molar-refractivity contribution in [1.29, 1.82) is 0 Å². The lowest BCUT2D eigenvalue weighted by Crippen LogP contribution is -2.29. The summed E-state index contributed by atoms with van der Waals surface area (Å²) in [7, 11) is 1.88. The highest BCUT2D eigenvalue weighted by atomic mass is 19.1. The normalized spacial score (nSPS) is 15.8. The van der Waals surface area contributed by atoms with Crippen molar-refractivity contribution in [3.8, 4) is 11.3 Å². The van der Waals surface area contributed by atoms with Crippen LogP contribution in [0, 0.1) is 12.7 Å². The first kappa shape index (κ1) is 16.4. The maximum absolute atomic E-state index is 14.8. The van der Waals surface area contributed by atoms with Crippen molar-refractivity contribution in [2.75, 3.05) is 13.1 Å². The Morgan fingerprint density at radius 3 is 2.70 bits per heavy atom. The van der Waals surface area contributed by atoms with Crippen LogP contribution in [0.5, 0.6) is 0 Å². The molecule has 1 fully saturated rings. The van der Waals surface area contributed by atoms with Crippen LogP contribution >= 0.6 is 0 Å². The molecule has 0 atom stereocenters. The molecule has 1 aliphatic heterocycles. The van der Waals surface area contributed by atoms with Crippen LogP contribution in [0.25, 0.3) is 33.2 Å². The number of rotatable bonds is 2. The lowest BCUT2D eigenvalue weighted by molar-refractivity contribution is 0.344. The van der Waals surface area contributed by atoms with Gasteiger partial charge in [-0.3, -0.25) is 9.36 Å². The van der Waals surface area contributed by atoms with Gasteiger partial charge in [-0.25, -0.2) is 9.37 Å². The standard InChI is InChI=1S/C20H21FN6/c1-12-7-17(23-18-11-26(2)24-19(12)18)13-8-14-10-27(15-3-5-22-6-4-15)25-20(14)16(21)9-13/h7-11,15,22H,3-6H2,1-2H3. The number of aryl methyl sites for hydroxylation is 2. The van der Waals surface area contributed by atoms with Gasteiger partial charge in [-0.1, -0.05) is 0 Å². The van der Waals surface area contributed by atoms with E-state index in [4.69, 9.17) is 0 Å². The highest BCUT2D eigenvalue weighted by molar-refractivity contribution is 5.86. The summed E-state index contributed by atoms with van der Waals surface area (Å²) in [4.78, 5) is 4.69. The van der Waals surface area contributed by atoms with Crippen LogP contribution in [-0.2, 0) is 7.05 Å². The van der Waals surface area contributed by atoms with Gasteiger partial charge in [0.15, 0.2) is 5.82 Å². The molecule has 0 unspecified atom stereocenters. The molecule has 3 aromatic heterocycles. The fourth-order valence-corrected chi connectivity index (χ4v) is 3.94. The average molecular weight is 364 g/mol. The quantitative estimate of drug-likeness (QED) is 0.593. The minimum Gasteiger partial charge on any atom is -0.317 e. The zero-order valence-electron chi connectivity index (χ0n) is 15.4. The van der Waals surface area contributed by atoms with E-state index in [9.17, 15) is 4.39 Å². The van der Waals surface area contributed by atoms with E-state index in [2.05, 4.69) is 20.5 Å². The second kappa shape index (κ2) is 6.13. The molecular formula is C20H21FN6. The van der Waals surface area contributed by atoms with Crippen LogP contribution in [0.1, 0.15) is 24.4 Å². The Morgan fingerprint density at radius 1 is 1.07 bits per heavy atom. The molecule has 0 amide bonds. The first-order valence-electron chi connectivity index (χ1n) is 9.29. The number of aromatic nitrogens is 5. The predicted octanol–water partition coefficient (Wildman–Crippen LogP) is 3.36. The molecule has 7 heteroatoms. The molecule has 1 aromatic carbocycles. The van der Waals surface area contributed by atoms with E-state index in [1.165, 1.54) is 6.07 Å². The summed E-state index contributed by atoms with van der Waals surface area (Å²) in [5.74, 6) is -0.305. The number of nitrogens with one attached hydrogen (secondary N) is 1. The summed E-state index contributed by atoms with van der Waals surface area (Å²) < 4.78 is 18.5. The van der Waals surface area contributed by atoms with Gasteiger partial charge in [-0.2, -0.15) is 10.2 Å². The van der Waals surface area contributed by atoms with E-state index >= 15 is 0 Å². The number of fused-ring (bicyclic) bond motifs is 2. The van der Waals surface area contributed by atoms with Crippen LogP contribution in [0.4, 0.5) is 4.39 Å². The fourth-order valence-electron chi connectivity index (χ4n) is 3.94. The number of hydrogen-bond acceptors (Lipinski definition) is 4. The lowest BCUT2D eigenvalue weighted by atomic mass is 10.1. The summed E-state index contributed by atoms with van der Waals surface area (Å²) in [6.07, 6.45) is 5.88. The minimum absolute atomic E-state index is 0.305. The number of benzene rings is 1. The highest BCUT2D eigenvalue weighted by Crippen LogP contribution is 2.29. The number of hydrogen-bond donors (Lipinski definition) is 1. The van der Waals surface area contributed by atoms with Crippen LogP contribution in [-0.4, -0.2) is 37.6 Å². The lowest BCUT2D eigenvalue weighted by Gasteiger charge is -2.22. The van der Waals surface area contributed by atoms with Crippen molar-refractivity contribution in [3.63, 3.8) is 0 Å². The van der Waals surface area contributed by atoms with E-state index in [0.29, 0.717) is 11.6 Å². The first-order valence-corrected chi connectivity index (χ1v) is 9.29. The zero-order chi connectivity index (χ0) is 18.5. The van der Waals surface area contributed by atoms with Gasteiger partial charge in [0.1, 0.15) is 16.6 Å². The number of nitrogens with zero attached hydrogens (tertiary/aromatic N) is 5. The van der Waals surface area contributed by atoms with Crippen molar-refractivity contribution in [3.05, 3.63) is 42.0 Å². The summed E-state index contributed by atoms with van der Waals surface area (Å²) in [6, 6.07) is 5.81.